The number of rotatable bonds is 4. The van der Waals surface area contributed by atoms with E-state index in [-0.39, 0.29) is 18.3 Å². The number of hydrogen-bond donors (Lipinski definition) is 2. The van der Waals surface area contributed by atoms with Crippen LogP contribution >= 0.6 is 12.4 Å². The second kappa shape index (κ2) is 7.79. The van der Waals surface area contributed by atoms with Crippen LogP contribution in [0.1, 0.15) is 18.2 Å². The summed E-state index contributed by atoms with van der Waals surface area (Å²) in [5.74, 6) is -0.0804. The van der Waals surface area contributed by atoms with Crippen molar-refractivity contribution in [1.29, 1.82) is 0 Å². The molecule has 4 nitrogen and oxygen atoms in total. The number of nitrogens with one attached hydrogen (secondary N) is 2. The maximum atomic E-state index is 11.3. The van der Waals surface area contributed by atoms with Crippen LogP contribution in [-0.4, -0.2) is 10.9 Å². The van der Waals surface area contributed by atoms with E-state index in [1.807, 2.05) is 49.4 Å². The Kier molecular flexibility index (Phi) is 5.77. The summed E-state index contributed by atoms with van der Waals surface area (Å²) in [5.41, 5.74) is 4.88. The van der Waals surface area contributed by atoms with Gasteiger partial charge in [0.1, 0.15) is 0 Å². The van der Waals surface area contributed by atoms with Crippen molar-refractivity contribution in [3.8, 4) is 0 Å². The maximum absolute atomic E-state index is 11.3. The average molecular weight is 342 g/mol. The number of halogens is 1. The molecule has 0 aliphatic carbocycles. The van der Waals surface area contributed by atoms with Gasteiger partial charge >= 0.3 is 0 Å². The van der Waals surface area contributed by atoms with E-state index >= 15 is 0 Å². The molecule has 124 valence electrons. The lowest BCUT2D eigenvalue weighted by Crippen LogP contribution is -2.06. The molecule has 2 aromatic carbocycles. The van der Waals surface area contributed by atoms with Gasteiger partial charge in [-0.3, -0.25) is 9.78 Å². The van der Waals surface area contributed by atoms with Gasteiger partial charge in [-0.25, -0.2) is 0 Å². The summed E-state index contributed by atoms with van der Waals surface area (Å²) in [5, 5.41) is 7.29. The lowest BCUT2D eigenvalue weighted by atomic mass is 10.1. The van der Waals surface area contributed by atoms with Gasteiger partial charge in [-0.1, -0.05) is 30.3 Å². The number of aryl methyl sites for hydroxylation is 1. The molecule has 0 aliphatic rings. The number of fused-ring (bicyclic) bond motifs is 1. The van der Waals surface area contributed by atoms with Crippen LogP contribution in [0.4, 0.5) is 11.4 Å². The Morgan fingerprint density at radius 2 is 1.83 bits per heavy atom. The van der Waals surface area contributed by atoms with Crippen molar-refractivity contribution in [3.63, 3.8) is 0 Å². The van der Waals surface area contributed by atoms with Crippen molar-refractivity contribution < 1.29 is 4.79 Å². The lowest BCUT2D eigenvalue weighted by Gasteiger charge is -2.12. The number of amides is 1. The largest absolute Gasteiger partial charge is 0.380 e. The number of carbonyl (C=O) groups excluding carboxylic acids is 1. The zero-order valence-corrected chi connectivity index (χ0v) is 14.5. The Morgan fingerprint density at radius 1 is 1.08 bits per heavy atom. The molecular formula is C19H20ClN3O. The second-order valence-corrected chi connectivity index (χ2v) is 5.56. The van der Waals surface area contributed by atoms with E-state index in [0.717, 1.165) is 34.5 Å². The number of benzene rings is 2. The van der Waals surface area contributed by atoms with Crippen LogP contribution in [0.15, 0.2) is 54.6 Å². The third kappa shape index (κ3) is 4.24. The molecule has 24 heavy (non-hydrogen) atoms. The number of nitrogens with zero attached hydrogens (tertiary/aromatic N) is 1. The fourth-order valence-corrected chi connectivity index (χ4v) is 2.58. The highest BCUT2D eigenvalue weighted by Gasteiger charge is 2.06. The van der Waals surface area contributed by atoms with Crippen molar-refractivity contribution in [2.45, 2.75) is 20.4 Å². The molecule has 3 rings (SSSR count). The Morgan fingerprint density at radius 3 is 2.54 bits per heavy atom. The first-order valence-corrected chi connectivity index (χ1v) is 7.58. The first kappa shape index (κ1) is 17.8. The van der Waals surface area contributed by atoms with Crippen LogP contribution in [0.2, 0.25) is 0 Å². The summed E-state index contributed by atoms with van der Waals surface area (Å²) in [6.07, 6.45) is 0. The molecule has 3 aromatic rings. The van der Waals surface area contributed by atoms with Crippen LogP contribution in [-0.2, 0) is 11.3 Å². The number of hydrogen-bond acceptors (Lipinski definition) is 3. The number of carbonyl (C=O) groups is 1. The zero-order valence-electron chi connectivity index (χ0n) is 13.7. The highest BCUT2D eigenvalue weighted by molar-refractivity contribution is 5.97. The van der Waals surface area contributed by atoms with E-state index in [4.69, 9.17) is 0 Å². The molecule has 0 saturated carbocycles. The molecule has 0 saturated heterocycles. The Hall–Kier alpha value is -2.59. The summed E-state index contributed by atoms with van der Waals surface area (Å²) in [6.45, 7) is 4.23. The van der Waals surface area contributed by atoms with Crippen molar-refractivity contribution in [2.24, 2.45) is 0 Å². The van der Waals surface area contributed by atoms with E-state index in [1.165, 1.54) is 12.5 Å². The van der Waals surface area contributed by atoms with Crippen LogP contribution in [0, 0.1) is 6.92 Å². The first-order chi connectivity index (χ1) is 11.1. The smallest absolute Gasteiger partial charge is 0.221 e. The quantitative estimate of drug-likeness (QED) is 0.732. The maximum Gasteiger partial charge on any atom is 0.221 e. The monoisotopic (exact) mass is 341 g/mol. The van der Waals surface area contributed by atoms with Gasteiger partial charge in [-0.05, 0) is 36.8 Å². The molecule has 0 unspecified atom stereocenters. The molecule has 0 atom stereocenters. The minimum Gasteiger partial charge on any atom is -0.380 e. The van der Waals surface area contributed by atoms with E-state index in [2.05, 4.69) is 27.8 Å². The molecule has 2 N–H and O–H groups in total. The molecule has 1 amide bonds. The Balaban J connectivity index is 0.00000208. The predicted molar refractivity (Wildman–Crippen MR) is 102 cm³/mol. The lowest BCUT2D eigenvalue weighted by molar-refractivity contribution is -0.114. The molecule has 0 radical (unpaired) electrons. The van der Waals surface area contributed by atoms with Crippen molar-refractivity contribution >= 4 is 40.6 Å². The summed E-state index contributed by atoms with van der Waals surface area (Å²) in [4.78, 5) is 15.8. The fraction of sp³-hybridized carbons (Fsp3) is 0.158. The van der Waals surface area contributed by atoms with Crippen molar-refractivity contribution in [1.82, 2.24) is 4.98 Å². The van der Waals surface area contributed by atoms with Gasteiger partial charge < -0.3 is 10.6 Å². The molecular weight excluding hydrogens is 322 g/mol. The number of anilines is 2. The third-order valence-corrected chi connectivity index (χ3v) is 3.58. The molecule has 0 fully saturated rings. The Labute approximate surface area is 147 Å². The van der Waals surface area contributed by atoms with Gasteiger partial charge in [-0.15, -0.1) is 12.4 Å². The number of aromatic nitrogens is 1. The molecule has 0 aliphatic heterocycles. The van der Waals surface area contributed by atoms with Gasteiger partial charge in [-0.2, -0.15) is 0 Å². The van der Waals surface area contributed by atoms with Crippen molar-refractivity contribution in [2.75, 3.05) is 10.6 Å². The minimum absolute atomic E-state index is 0. The topological polar surface area (TPSA) is 54.0 Å². The van der Waals surface area contributed by atoms with Crippen molar-refractivity contribution in [3.05, 3.63) is 65.9 Å². The van der Waals surface area contributed by atoms with Crippen LogP contribution < -0.4 is 10.6 Å². The third-order valence-electron chi connectivity index (χ3n) is 3.58. The minimum atomic E-state index is -0.0804. The fourth-order valence-electron chi connectivity index (χ4n) is 2.58. The molecule has 1 heterocycles. The SMILES string of the molecule is CC(=O)Nc1ccc2nc(C)cc(NCc3ccccc3)c2c1.Cl. The molecule has 5 heteroatoms. The second-order valence-electron chi connectivity index (χ2n) is 5.56. The molecule has 0 bridgehead atoms. The van der Waals surface area contributed by atoms with Crippen LogP contribution in [0.25, 0.3) is 10.9 Å². The standard InChI is InChI=1S/C19H19N3O.ClH/c1-13-10-19(20-12-15-6-4-3-5-7-15)17-11-16(22-14(2)23)8-9-18(17)21-13;/h3-11H,12H2,1-2H3,(H,20,21)(H,22,23);1H. The van der Waals surface area contributed by atoms with Crippen LogP contribution in [0.3, 0.4) is 0 Å². The number of pyridine rings is 1. The van der Waals surface area contributed by atoms with E-state index in [0.29, 0.717) is 0 Å². The summed E-state index contributed by atoms with van der Waals surface area (Å²) in [6, 6.07) is 18.0. The van der Waals surface area contributed by atoms with E-state index in [9.17, 15) is 4.79 Å². The van der Waals surface area contributed by atoms with E-state index < -0.39 is 0 Å². The van der Waals surface area contributed by atoms with Crippen LogP contribution in [0.5, 0.6) is 0 Å². The summed E-state index contributed by atoms with van der Waals surface area (Å²) >= 11 is 0. The van der Waals surface area contributed by atoms with Gasteiger partial charge in [0.2, 0.25) is 5.91 Å². The molecule has 0 spiro atoms. The van der Waals surface area contributed by atoms with Gasteiger partial charge in [0.25, 0.3) is 0 Å². The highest BCUT2D eigenvalue weighted by atomic mass is 35.5. The Bertz CT molecular complexity index is 850. The van der Waals surface area contributed by atoms with Gasteiger partial charge in [0.05, 0.1) is 5.52 Å². The van der Waals surface area contributed by atoms with Gasteiger partial charge in [0, 0.05) is 35.9 Å². The highest BCUT2D eigenvalue weighted by Crippen LogP contribution is 2.26. The molecule has 1 aromatic heterocycles. The summed E-state index contributed by atoms with van der Waals surface area (Å²) < 4.78 is 0. The average Bonchev–Trinajstić information content (AvgIpc) is 2.53. The normalized spacial score (nSPS) is 10.1. The zero-order chi connectivity index (χ0) is 16.2. The van der Waals surface area contributed by atoms with E-state index in [1.54, 1.807) is 0 Å². The van der Waals surface area contributed by atoms with Gasteiger partial charge in [0.15, 0.2) is 0 Å². The first-order valence-electron chi connectivity index (χ1n) is 7.58. The summed E-state index contributed by atoms with van der Waals surface area (Å²) in [7, 11) is 0. The predicted octanol–water partition coefficient (Wildman–Crippen LogP) is 4.54.